The van der Waals surface area contributed by atoms with Crippen LogP contribution in [0.3, 0.4) is 0 Å². The van der Waals surface area contributed by atoms with E-state index in [0.29, 0.717) is 12.1 Å². The molecule has 4 heteroatoms. The summed E-state index contributed by atoms with van der Waals surface area (Å²) in [5, 5.41) is 2.95. The van der Waals surface area contributed by atoms with E-state index in [1.54, 1.807) is 0 Å². The molecule has 0 saturated carbocycles. The lowest BCUT2D eigenvalue weighted by atomic mass is 10.1. The molecule has 3 nitrogen and oxygen atoms in total. The highest BCUT2D eigenvalue weighted by Crippen LogP contribution is 2.17. The molecule has 2 aromatic carbocycles. The number of halogens is 1. The third-order valence-electron chi connectivity index (χ3n) is 3.35. The third-order valence-corrected chi connectivity index (χ3v) is 4.24. The molecule has 110 valence electrons. The summed E-state index contributed by atoms with van der Waals surface area (Å²) in [5.74, 6) is -0.0351. The van der Waals surface area contributed by atoms with Gasteiger partial charge in [-0.05, 0) is 42.8 Å². The fourth-order valence-electron chi connectivity index (χ4n) is 2.04. The van der Waals surface area contributed by atoms with Gasteiger partial charge in [-0.25, -0.2) is 0 Å². The molecule has 0 aliphatic heterocycles. The van der Waals surface area contributed by atoms with Crippen LogP contribution in [0.1, 0.15) is 15.9 Å². The van der Waals surface area contributed by atoms with Crippen molar-refractivity contribution in [3.05, 3.63) is 64.1 Å². The predicted molar refractivity (Wildman–Crippen MR) is 90.9 cm³/mol. The molecule has 0 fully saturated rings. The van der Waals surface area contributed by atoms with E-state index in [1.165, 1.54) is 0 Å². The van der Waals surface area contributed by atoms with Crippen molar-refractivity contribution in [2.45, 2.75) is 6.92 Å². The number of aryl methyl sites for hydroxylation is 1. The molecule has 0 aliphatic carbocycles. The van der Waals surface area contributed by atoms with Gasteiger partial charge < -0.3 is 10.2 Å². The quantitative estimate of drug-likeness (QED) is 0.896. The molecule has 2 rings (SSSR count). The number of nitrogens with one attached hydrogen (secondary N) is 1. The maximum atomic E-state index is 12.1. The second-order valence-electron chi connectivity index (χ2n) is 4.98. The van der Waals surface area contributed by atoms with Crippen LogP contribution in [-0.4, -0.2) is 26.0 Å². The molecule has 0 aromatic heterocycles. The maximum Gasteiger partial charge on any atom is 0.251 e. The minimum Gasteiger partial charge on any atom is -0.373 e. The highest BCUT2D eigenvalue weighted by atomic mass is 79.9. The predicted octanol–water partition coefficient (Wildman–Crippen LogP) is 3.62. The minimum absolute atomic E-state index is 0.0351. The van der Waals surface area contributed by atoms with Gasteiger partial charge in [0.05, 0.1) is 0 Å². The molecule has 21 heavy (non-hydrogen) atoms. The van der Waals surface area contributed by atoms with Crippen molar-refractivity contribution >= 4 is 27.5 Å². The van der Waals surface area contributed by atoms with Crippen LogP contribution < -0.4 is 10.2 Å². The number of para-hydroxylation sites is 1. The van der Waals surface area contributed by atoms with Crippen LogP contribution in [0.25, 0.3) is 0 Å². The maximum absolute atomic E-state index is 12.1. The van der Waals surface area contributed by atoms with Gasteiger partial charge in [0.15, 0.2) is 0 Å². The average molecular weight is 347 g/mol. The van der Waals surface area contributed by atoms with E-state index in [-0.39, 0.29) is 5.91 Å². The van der Waals surface area contributed by atoms with Crippen molar-refractivity contribution in [3.8, 4) is 0 Å². The van der Waals surface area contributed by atoms with Crippen LogP contribution in [0.5, 0.6) is 0 Å². The van der Waals surface area contributed by atoms with E-state index >= 15 is 0 Å². The highest BCUT2D eigenvalue weighted by Gasteiger charge is 2.07. The summed E-state index contributed by atoms with van der Waals surface area (Å²) in [5.41, 5.74) is 2.90. The zero-order chi connectivity index (χ0) is 15.2. The van der Waals surface area contributed by atoms with Crippen LogP contribution in [0, 0.1) is 6.92 Å². The van der Waals surface area contributed by atoms with Gasteiger partial charge in [-0.3, -0.25) is 4.79 Å². The molecule has 0 radical (unpaired) electrons. The normalized spacial score (nSPS) is 10.2. The number of likely N-dealkylation sites (N-methyl/N-ethyl adjacent to an activating group) is 1. The summed E-state index contributed by atoms with van der Waals surface area (Å²) in [6.45, 7) is 3.36. The molecule has 0 atom stereocenters. The average Bonchev–Trinajstić information content (AvgIpc) is 2.50. The Morgan fingerprint density at radius 3 is 2.57 bits per heavy atom. The summed E-state index contributed by atoms with van der Waals surface area (Å²) in [6.07, 6.45) is 0. The first-order chi connectivity index (χ1) is 10.1. The van der Waals surface area contributed by atoms with Crippen LogP contribution in [0.4, 0.5) is 5.69 Å². The first kappa shape index (κ1) is 15.6. The topological polar surface area (TPSA) is 32.3 Å². The first-order valence-corrected chi connectivity index (χ1v) is 7.68. The van der Waals surface area contributed by atoms with Gasteiger partial charge in [0, 0.05) is 35.9 Å². The summed E-state index contributed by atoms with van der Waals surface area (Å²) in [7, 11) is 2.02. The van der Waals surface area contributed by atoms with E-state index in [4.69, 9.17) is 0 Å². The van der Waals surface area contributed by atoms with E-state index in [1.807, 2.05) is 50.4 Å². The van der Waals surface area contributed by atoms with Crippen molar-refractivity contribution in [1.82, 2.24) is 5.32 Å². The number of nitrogens with zero attached hydrogens (tertiary/aromatic N) is 1. The minimum atomic E-state index is -0.0351. The lowest BCUT2D eigenvalue weighted by Crippen LogP contribution is -2.33. The Labute approximate surface area is 134 Å². The Balaban J connectivity index is 1.85. The lowest BCUT2D eigenvalue weighted by Gasteiger charge is -2.19. The SMILES string of the molecule is Cc1cc(C(=O)NCCN(C)c2ccccc2)ccc1Br. The van der Waals surface area contributed by atoms with E-state index in [0.717, 1.165) is 22.3 Å². The van der Waals surface area contributed by atoms with Gasteiger partial charge in [-0.1, -0.05) is 34.1 Å². The lowest BCUT2D eigenvalue weighted by molar-refractivity contribution is 0.0954. The molecule has 0 unspecified atom stereocenters. The fourth-order valence-corrected chi connectivity index (χ4v) is 2.28. The number of hydrogen-bond donors (Lipinski definition) is 1. The van der Waals surface area contributed by atoms with Gasteiger partial charge >= 0.3 is 0 Å². The number of benzene rings is 2. The Morgan fingerprint density at radius 2 is 1.90 bits per heavy atom. The Hall–Kier alpha value is -1.81. The molecule has 1 amide bonds. The second kappa shape index (κ2) is 7.27. The monoisotopic (exact) mass is 346 g/mol. The number of rotatable bonds is 5. The summed E-state index contributed by atoms with van der Waals surface area (Å²) in [4.78, 5) is 14.2. The van der Waals surface area contributed by atoms with Gasteiger partial charge in [0.2, 0.25) is 0 Å². The molecule has 0 bridgehead atoms. The fraction of sp³-hybridized carbons (Fsp3) is 0.235. The summed E-state index contributed by atoms with van der Waals surface area (Å²) < 4.78 is 1.02. The second-order valence-corrected chi connectivity index (χ2v) is 5.83. The Bertz CT molecular complexity index is 613. The van der Waals surface area contributed by atoms with Crippen molar-refractivity contribution in [3.63, 3.8) is 0 Å². The Morgan fingerprint density at radius 1 is 1.19 bits per heavy atom. The smallest absolute Gasteiger partial charge is 0.251 e. The summed E-state index contributed by atoms with van der Waals surface area (Å²) in [6, 6.07) is 15.7. The van der Waals surface area contributed by atoms with Gasteiger partial charge in [-0.2, -0.15) is 0 Å². The van der Waals surface area contributed by atoms with Crippen LogP contribution in [0.2, 0.25) is 0 Å². The van der Waals surface area contributed by atoms with Crippen molar-refractivity contribution < 1.29 is 4.79 Å². The first-order valence-electron chi connectivity index (χ1n) is 6.88. The standard InChI is InChI=1S/C17H19BrN2O/c1-13-12-14(8-9-16(13)18)17(21)19-10-11-20(2)15-6-4-3-5-7-15/h3-9,12H,10-11H2,1-2H3,(H,19,21). The third kappa shape index (κ3) is 4.33. The zero-order valence-electron chi connectivity index (χ0n) is 12.3. The number of hydrogen-bond acceptors (Lipinski definition) is 2. The molecule has 1 N–H and O–H groups in total. The highest BCUT2D eigenvalue weighted by molar-refractivity contribution is 9.10. The van der Waals surface area contributed by atoms with Gasteiger partial charge in [-0.15, -0.1) is 0 Å². The molecule has 0 heterocycles. The van der Waals surface area contributed by atoms with Crippen molar-refractivity contribution in [1.29, 1.82) is 0 Å². The van der Waals surface area contributed by atoms with E-state index in [9.17, 15) is 4.79 Å². The van der Waals surface area contributed by atoms with Crippen molar-refractivity contribution in [2.24, 2.45) is 0 Å². The van der Waals surface area contributed by atoms with Gasteiger partial charge in [0.25, 0.3) is 5.91 Å². The number of amides is 1. The molecular formula is C17H19BrN2O. The van der Waals surface area contributed by atoms with Crippen LogP contribution >= 0.6 is 15.9 Å². The molecule has 0 aliphatic rings. The number of anilines is 1. The van der Waals surface area contributed by atoms with Crippen molar-refractivity contribution in [2.75, 3.05) is 25.0 Å². The largest absolute Gasteiger partial charge is 0.373 e. The zero-order valence-corrected chi connectivity index (χ0v) is 13.9. The summed E-state index contributed by atoms with van der Waals surface area (Å²) >= 11 is 3.44. The molecule has 2 aromatic rings. The van der Waals surface area contributed by atoms with Crippen LogP contribution in [0.15, 0.2) is 53.0 Å². The van der Waals surface area contributed by atoms with Gasteiger partial charge in [0.1, 0.15) is 0 Å². The number of carbonyl (C=O) groups excluding carboxylic acids is 1. The van der Waals surface area contributed by atoms with E-state index < -0.39 is 0 Å². The Kier molecular flexibility index (Phi) is 5.39. The van der Waals surface area contributed by atoms with E-state index in [2.05, 4.69) is 38.3 Å². The number of carbonyl (C=O) groups is 1. The molecular weight excluding hydrogens is 328 g/mol. The molecule has 0 saturated heterocycles. The van der Waals surface area contributed by atoms with Crippen LogP contribution in [-0.2, 0) is 0 Å². The molecule has 0 spiro atoms.